The molecule has 14 bridgehead atoms. The van der Waals surface area contributed by atoms with Gasteiger partial charge in [0.2, 0.25) is 0 Å². The van der Waals surface area contributed by atoms with Gasteiger partial charge in [0.05, 0.1) is 58.3 Å². The van der Waals surface area contributed by atoms with Gasteiger partial charge in [-0.3, -0.25) is 0 Å². The Morgan fingerprint density at radius 1 is 0.195 bits per heavy atom. The Morgan fingerprint density at radius 3 is 0.506 bits per heavy atom. The normalized spacial score (nSPS) is 55.4. The van der Waals surface area contributed by atoms with Gasteiger partial charge in [-0.2, -0.15) is 0 Å². The minimum absolute atomic E-state index is 0.961. The molecule has 0 aromatic carbocycles. The molecule has 0 spiro atoms. The number of ether oxygens (including phenoxy) is 14. The van der Waals surface area contributed by atoms with E-state index in [9.17, 15) is 97.0 Å². The molecule has 77 heavy (non-hydrogen) atoms. The molecule has 0 aromatic heterocycles. The molecule has 448 valence electrons. The lowest BCUT2D eigenvalue weighted by molar-refractivity contribution is -0.392. The van der Waals surface area contributed by atoms with Crippen LogP contribution in [0.1, 0.15) is 0 Å². The van der Waals surface area contributed by atoms with Crippen molar-refractivity contribution in [2.45, 2.75) is 215 Å². The van der Waals surface area contributed by atoms with E-state index in [4.69, 9.17) is 77.8 Å². The van der Waals surface area contributed by atoms with Crippen molar-refractivity contribution in [2.75, 3.05) is 46.2 Å². The van der Waals surface area contributed by atoms with Crippen LogP contribution in [0.4, 0.5) is 0 Å². The zero-order chi connectivity index (χ0) is 56.1. The van der Waals surface area contributed by atoms with Crippen molar-refractivity contribution >= 4 is 0 Å². The van der Waals surface area contributed by atoms with Gasteiger partial charge in [-0.15, -0.1) is 0 Å². The van der Waals surface area contributed by atoms with E-state index in [1.165, 1.54) is 0 Å². The summed E-state index contributed by atoms with van der Waals surface area (Å²) in [6.45, 7) is -6.97. The van der Waals surface area contributed by atoms with Gasteiger partial charge < -0.3 is 175 Å². The van der Waals surface area contributed by atoms with Gasteiger partial charge in [0.25, 0.3) is 0 Å². The molecule has 35 atom stereocenters. The Bertz CT molecular complexity index is 1480. The van der Waals surface area contributed by atoms with Crippen LogP contribution in [-0.4, -0.2) is 358 Å². The lowest BCUT2D eigenvalue weighted by Gasteiger charge is -2.50. The Morgan fingerprint density at radius 2 is 0.338 bits per heavy atom. The minimum Gasteiger partial charge on any atom is -0.394 e. The van der Waals surface area contributed by atoms with E-state index >= 15 is 0 Å². The molecule has 21 rings (SSSR count). The molecule has 21 fully saturated rings. The molecule has 23 N–H and O–H groups in total. The smallest absolute Gasteiger partial charge is 0.187 e. The summed E-state index contributed by atoms with van der Waals surface area (Å²) in [4.78, 5) is 0. The fourth-order valence-corrected chi connectivity index (χ4v) is 10.5. The number of hydrogen-bond donors (Lipinski definition) is 21. The summed E-state index contributed by atoms with van der Waals surface area (Å²) in [5, 5.41) is 209. The highest BCUT2D eigenvalue weighted by Gasteiger charge is 2.59. The fourth-order valence-electron chi connectivity index (χ4n) is 10.5. The van der Waals surface area contributed by atoms with Crippen molar-refractivity contribution in [3.05, 3.63) is 0 Å². The third-order valence-corrected chi connectivity index (χ3v) is 15.0. The summed E-state index contributed by atoms with van der Waals surface area (Å²) in [6, 6.07) is -3.32. The van der Waals surface area contributed by atoms with Gasteiger partial charge in [0.15, 0.2) is 44.0 Å². The predicted octanol–water partition coefficient (Wildman–Crippen LogP) is -15.3. The summed E-state index contributed by atoms with van der Waals surface area (Å²) in [5.41, 5.74) is 12.7. The van der Waals surface area contributed by atoms with E-state index in [2.05, 4.69) is 0 Å². The van der Waals surface area contributed by atoms with Gasteiger partial charge in [-0.1, -0.05) is 0 Å². The average molecular weight is 1130 g/mol. The van der Waals surface area contributed by atoms with Gasteiger partial charge in [-0.25, -0.2) is 0 Å². The summed E-state index contributed by atoms with van der Waals surface area (Å²) < 4.78 is 80.4. The zero-order valence-electron chi connectivity index (χ0n) is 40.5. The van der Waals surface area contributed by atoms with Crippen LogP contribution in [0, 0.1) is 0 Å². The van der Waals surface area contributed by atoms with E-state index in [-0.39, 0.29) is 0 Å². The molecule has 35 heteroatoms. The Hall–Kier alpha value is -1.40. The zero-order valence-corrected chi connectivity index (χ0v) is 40.5. The maximum atomic E-state index is 11.4. The Balaban J connectivity index is 1.08. The molecule has 0 radical (unpaired) electrons. The topological polar surface area (TPSA) is 566 Å². The number of rotatable bonds is 7. The molecule has 0 unspecified atom stereocenters. The first kappa shape index (κ1) is 61.7. The molecular formula is C42H72N2O33. The van der Waals surface area contributed by atoms with Crippen molar-refractivity contribution in [1.82, 2.24) is 0 Å². The van der Waals surface area contributed by atoms with Gasteiger partial charge in [-0.05, 0) is 0 Å². The van der Waals surface area contributed by atoms with Crippen LogP contribution >= 0.6 is 0 Å². The standard InChI is InChI=1S/C42H72N2O33/c43-15-17(52)36-64-9(2-46)30(15)72-39-25(60)20(55)34(13(6-50)67-39)76-42-28(63)23(58)35(14(7-51)70-42)77-41-27(62)22(57)32(11(4-48)69-41)74-37-18(53)16(44)29(8(1-45)65-37)71-38-24(59)19(54)33(12(5-49)66-38)75-40-26(61)21(56)31(73-36)10(3-47)68-40/h8-42,45-63H,1-7,43-44H2/t8-,9-,10-,11-,12-,13-,14-,15-,16-,17+,18+,19-,20-,21-,22-,23-,24-,25-,26-,27-,28-,29-,30-,31-,32-,33-,34-,35-,36-,37-,38-,39-,40-,41-,42-/m1/s1. The molecule has 21 saturated heterocycles. The molecular weight excluding hydrogens is 1060 g/mol. The average Bonchev–Trinajstić information content (AvgIpc) is 3.45. The second-order valence-corrected chi connectivity index (χ2v) is 19.8. The molecule has 21 aliphatic heterocycles. The first-order valence-corrected chi connectivity index (χ1v) is 24.8. The third-order valence-electron chi connectivity index (χ3n) is 15.0. The van der Waals surface area contributed by atoms with Gasteiger partial charge in [0.1, 0.15) is 159 Å². The van der Waals surface area contributed by atoms with Crippen LogP contribution in [0.3, 0.4) is 0 Å². The lowest BCUT2D eigenvalue weighted by Crippen LogP contribution is -2.69. The van der Waals surface area contributed by atoms with Gasteiger partial charge in [0, 0.05) is 0 Å². The second-order valence-electron chi connectivity index (χ2n) is 19.8. The van der Waals surface area contributed by atoms with Crippen molar-refractivity contribution < 1.29 is 163 Å². The highest BCUT2D eigenvalue weighted by atomic mass is 16.8. The lowest BCUT2D eigenvalue weighted by atomic mass is 9.94. The summed E-state index contributed by atoms with van der Waals surface area (Å²) in [5.74, 6) is 0. The summed E-state index contributed by atoms with van der Waals surface area (Å²) in [7, 11) is 0. The monoisotopic (exact) mass is 1130 g/mol. The van der Waals surface area contributed by atoms with Crippen LogP contribution in [-0.2, 0) is 66.3 Å². The van der Waals surface area contributed by atoms with Crippen molar-refractivity contribution in [2.24, 2.45) is 11.5 Å². The largest absolute Gasteiger partial charge is 0.394 e. The Kier molecular flexibility index (Phi) is 20.8. The Labute approximate surface area is 435 Å². The minimum atomic E-state index is -2.18. The van der Waals surface area contributed by atoms with E-state index in [1.807, 2.05) is 0 Å². The van der Waals surface area contributed by atoms with Crippen LogP contribution in [0.15, 0.2) is 0 Å². The van der Waals surface area contributed by atoms with Crippen LogP contribution in [0.2, 0.25) is 0 Å². The van der Waals surface area contributed by atoms with Crippen LogP contribution < -0.4 is 11.5 Å². The number of hydrogen-bond acceptors (Lipinski definition) is 35. The molecule has 21 aliphatic rings. The highest BCUT2D eigenvalue weighted by molar-refractivity contribution is 5.02. The molecule has 35 nitrogen and oxygen atoms in total. The number of aliphatic hydroxyl groups excluding tert-OH is 19. The number of aliphatic hydroxyl groups is 19. The highest BCUT2D eigenvalue weighted by Crippen LogP contribution is 2.38. The molecule has 0 amide bonds. The SMILES string of the molecule is N[C@@H]1[C@H](O)[C@H]2O[C@H]3[C@H](O)[C@@H](O)[C@@H](O[C@H]4[C@H](O)[C@@H](O)[C@@H](O[C@H]5[C@H](O)[C@@H](O)[C@@H](O[C@H]6[C@H](N)[C@H](O)[C@@H](O[C@H]7[C@H](O)[C@@H](O)[C@@H](O[C@H]8[C@H](O)[C@@H](O)[C@@H](O[C@@H]1[C@@H](CO)O2)O[C@@H]8CO)O[C@@H]7CO)O[C@@H]6CO)O[C@@H]5CO)O[C@@H]4CO)O[C@@H]3CO. The first-order chi connectivity index (χ1) is 36.7. The summed E-state index contributed by atoms with van der Waals surface area (Å²) >= 11 is 0. The van der Waals surface area contributed by atoms with Crippen molar-refractivity contribution in [3.63, 3.8) is 0 Å². The van der Waals surface area contributed by atoms with Crippen molar-refractivity contribution in [1.29, 1.82) is 0 Å². The second kappa shape index (κ2) is 26.0. The third kappa shape index (κ3) is 12.1. The maximum absolute atomic E-state index is 11.4. The number of nitrogens with two attached hydrogens (primary N) is 2. The molecule has 0 aromatic rings. The van der Waals surface area contributed by atoms with E-state index < -0.39 is 261 Å². The predicted molar refractivity (Wildman–Crippen MR) is 232 cm³/mol. The molecule has 21 heterocycles. The van der Waals surface area contributed by atoms with Crippen molar-refractivity contribution in [3.8, 4) is 0 Å². The van der Waals surface area contributed by atoms with E-state index in [0.29, 0.717) is 0 Å². The van der Waals surface area contributed by atoms with E-state index in [0.717, 1.165) is 0 Å². The first-order valence-electron chi connectivity index (χ1n) is 24.8. The molecule has 0 aliphatic carbocycles. The fraction of sp³-hybridized carbons (Fsp3) is 1.00. The quantitative estimate of drug-likeness (QED) is 0.113. The molecule has 0 saturated carbocycles. The van der Waals surface area contributed by atoms with Crippen LogP contribution in [0.5, 0.6) is 0 Å². The maximum Gasteiger partial charge on any atom is 0.187 e. The van der Waals surface area contributed by atoms with E-state index in [1.54, 1.807) is 0 Å². The van der Waals surface area contributed by atoms with Gasteiger partial charge >= 0.3 is 0 Å². The van der Waals surface area contributed by atoms with Crippen LogP contribution in [0.25, 0.3) is 0 Å². The summed E-state index contributed by atoms with van der Waals surface area (Å²) in [6.07, 6.45) is -63.2.